The third-order valence-corrected chi connectivity index (χ3v) is 3.02. The van der Waals surface area contributed by atoms with Gasteiger partial charge >= 0.3 is 11.9 Å². The minimum Gasteiger partial charge on any atom is -0.303 e. The van der Waals surface area contributed by atoms with Crippen molar-refractivity contribution in [1.82, 2.24) is 9.55 Å². The third kappa shape index (κ3) is 2.72. The molecule has 7 nitrogen and oxygen atoms in total. The number of rotatable bonds is 2. The van der Waals surface area contributed by atoms with Gasteiger partial charge in [0.2, 0.25) is 0 Å². The SMILES string of the molecule is O=c1cc(C(F)(F)F)[nH]c(=O)n1-c1cccc([N+](=O)[O-])c1Cl. The second kappa shape index (κ2) is 5.30. The number of aromatic nitrogens is 2. The fraction of sp³-hybridized carbons (Fsp3) is 0.0909. The average Bonchev–Trinajstić information content (AvgIpc) is 2.38. The van der Waals surface area contributed by atoms with Gasteiger partial charge in [0.25, 0.3) is 11.2 Å². The number of alkyl halides is 3. The molecule has 116 valence electrons. The zero-order chi connectivity index (χ0) is 16.7. The van der Waals surface area contributed by atoms with Crippen LogP contribution in [0, 0.1) is 10.1 Å². The number of halogens is 4. The van der Waals surface area contributed by atoms with Gasteiger partial charge in [-0.1, -0.05) is 17.7 Å². The molecule has 0 saturated heterocycles. The van der Waals surface area contributed by atoms with Crippen molar-refractivity contribution in [2.75, 3.05) is 0 Å². The minimum absolute atomic E-state index is 0.163. The zero-order valence-electron chi connectivity index (χ0n) is 10.3. The van der Waals surface area contributed by atoms with Crippen LogP contribution >= 0.6 is 11.6 Å². The fourth-order valence-electron chi connectivity index (χ4n) is 1.70. The molecular weight excluding hydrogens is 331 g/mol. The van der Waals surface area contributed by atoms with E-state index >= 15 is 0 Å². The normalized spacial score (nSPS) is 11.5. The van der Waals surface area contributed by atoms with Crippen molar-refractivity contribution in [2.45, 2.75) is 6.18 Å². The Labute approximate surface area is 123 Å². The molecule has 0 spiro atoms. The summed E-state index contributed by atoms with van der Waals surface area (Å²) in [6, 6.07) is 3.42. The van der Waals surface area contributed by atoms with E-state index in [0.29, 0.717) is 0 Å². The van der Waals surface area contributed by atoms with E-state index in [1.165, 1.54) is 4.98 Å². The molecule has 0 amide bonds. The molecule has 1 heterocycles. The Hall–Kier alpha value is -2.62. The smallest absolute Gasteiger partial charge is 0.303 e. The first-order valence-electron chi connectivity index (χ1n) is 5.50. The van der Waals surface area contributed by atoms with Gasteiger partial charge in [-0.15, -0.1) is 0 Å². The van der Waals surface area contributed by atoms with Gasteiger partial charge in [0, 0.05) is 12.1 Å². The maximum absolute atomic E-state index is 12.5. The molecule has 0 atom stereocenters. The first-order chi connectivity index (χ1) is 10.1. The molecule has 0 aliphatic heterocycles. The molecule has 0 aliphatic rings. The number of hydrogen-bond donors (Lipinski definition) is 1. The average molecular weight is 336 g/mol. The summed E-state index contributed by atoms with van der Waals surface area (Å²) in [5.74, 6) is 0. The van der Waals surface area contributed by atoms with Crippen molar-refractivity contribution in [3.05, 3.63) is 65.9 Å². The Morgan fingerprint density at radius 2 is 1.91 bits per heavy atom. The molecule has 0 unspecified atom stereocenters. The van der Waals surface area contributed by atoms with Gasteiger partial charge in [-0.3, -0.25) is 14.9 Å². The lowest BCUT2D eigenvalue weighted by Gasteiger charge is -2.10. The largest absolute Gasteiger partial charge is 0.431 e. The molecule has 1 aromatic heterocycles. The Kier molecular flexibility index (Phi) is 3.79. The standard InChI is InChI=1S/C11H5ClF3N3O4/c12-9-5(2-1-3-6(9)18(21)22)17-8(19)4-7(11(13,14)15)16-10(17)20/h1-4H,(H,16,20). The lowest BCUT2D eigenvalue weighted by atomic mass is 10.2. The first kappa shape index (κ1) is 15.8. The molecule has 0 saturated carbocycles. The van der Waals surface area contributed by atoms with Crippen LogP contribution in [-0.4, -0.2) is 14.5 Å². The monoisotopic (exact) mass is 335 g/mol. The number of nitrogens with zero attached hydrogens (tertiary/aromatic N) is 2. The van der Waals surface area contributed by atoms with Gasteiger partial charge in [0.15, 0.2) is 0 Å². The molecule has 1 aromatic carbocycles. The third-order valence-electron chi connectivity index (χ3n) is 2.63. The van der Waals surface area contributed by atoms with E-state index in [0.717, 1.165) is 18.2 Å². The van der Waals surface area contributed by atoms with Gasteiger partial charge in [0.1, 0.15) is 10.7 Å². The highest BCUT2D eigenvalue weighted by Gasteiger charge is 2.33. The number of H-pyrrole nitrogens is 1. The quantitative estimate of drug-likeness (QED) is 0.671. The number of nitro groups is 1. The van der Waals surface area contributed by atoms with Crippen LogP contribution in [0.25, 0.3) is 5.69 Å². The predicted molar refractivity (Wildman–Crippen MR) is 69.3 cm³/mol. The molecule has 2 aromatic rings. The van der Waals surface area contributed by atoms with Gasteiger partial charge in [-0.25, -0.2) is 9.36 Å². The number of benzene rings is 1. The van der Waals surface area contributed by atoms with Crippen molar-refractivity contribution in [3.8, 4) is 5.69 Å². The summed E-state index contributed by atoms with van der Waals surface area (Å²) in [6.45, 7) is 0. The van der Waals surface area contributed by atoms with E-state index in [-0.39, 0.29) is 10.6 Å². The number of aromatic amines is 1. The number of nitro benzene ring substituents is 1. The van der Waals surface area contributed by atoms with E-state index in [4.69, 9.17) is 11.6 Å². The lowest BCUT2D eigenvalue weighted by Crippen LogP contribution is -2.36. The van der Waals surface area contributed by atoms with E-state index in [2.05, 4.69) is 0 Å². The van der Waals surface area contributed by atoms with Crippen LogP contribution in [0.5, 0.6) is 0 Å². The zero-order valence-corrected chi connectivity index (χ0v) is 11.1. The van der Waals surface area contributed by atoms with E-state index in [1.807, 2.05) is 0 Å². The van der Waals surface area contributed by atoms with Crippen molar-refractivity contribution >= 4 is 17.3 Å². The van der Waals surface area contributed by atoms with Gasteiger partial charge in [-0.2, -0.15) is 13.2 Å². The van der Waals surface area contributed by atoms with Crippen LogP contribution in [0.4, 0.5) is 18.9 Å². The molecule has 22 heavy (non-hydrogen) atoms. The highest BCUT2D eigenvalue weighted by Crippen LogP contribution is 2.29. The Bertz CT molecular complexity index is 841. The van der Waals surface area contributed by atoms with Crippen LogP contribution < -0.4 is 11.2 Å². The van der Waals surface area contributed by atoms with E-state index in [1.54, 1.807) is 0 Å². The Morgan fingerprint density at radius 3 is 2.41 bits per heavy atom. The van der Waals surface area contributed by atoms with Crippen molar-refractivity contribution in [1.29, 1.82) is 0 Å². The van der Waals surface area contributed by atoms with Crippen molar-refractivity contribution in [3.63, 3.8) is 0 Å². The highest BCUT2D eigenvalue weighted by molar-refractivity contribution is 6.34. The second-order valence-electron chi connectivity index (χ2n) is 4.03. The Morgan fingerprint density at radius 1 is 1.27 bits per heavy atom. The van der Waals surface area contributed by atoms with Crippen LogP contribution in [-0.2, 0) is 6.18 Å². The fourth-order valence-corrected chi connectivity index (χ4v) is 1.98. The molecule has 2 rings (SSSR count). The minimum atomic E-state index is -4.91. The molecule has 11 heteroatoms. The van der Waals surface area contributed by atoms with Crippen LogP contribution in [0.3, 0.4) is 0 Å². The van der Waals surface area contributed by atoms with Crippen LogP contribution in [0.1, 0.15) is 5.69 Å². The van der Waals surface area contributed by atoms with Crippen LogP contribution in [0.2, 0.25) is 5.02 Å². The van der Waals surface area contributed by atoms with Crippen LogP contribution in [0.15, 0.2) is 33.9 Å². The second-order valence-corrected chi connectivity index (χ2v) is 4.40. The topological polar surface area (TPSA) is 98.0 Å². The molecule has 0 radical (unpaired) electrons. The summed E-state index contributed by atoms with van der Waals surface area (Å²) in [7, 11) is 0. The summed E-state index contributed by atoms with van der Waals surface area (Å²) in [5, 5.41) is 10.2. The van der Waals surface area contributed by atoms with E-state index in [9.17, 15) is 32.9 Å². The predicted octanol–water partition coefficient (Wildman–Crippen LogP) is 2.11. The van der Waals surface area contributed by atoms with E-state index < -0.39 is 44.4 Å². The first-order valence-corrected chi connectivity index (χ1v) is 5.87. The summed E-state index contributed by atoms with van der Waals surface area (Å²) < 4.78 is 37.8. The lowest BCUT2D eigenvalue weighted by molar-refractivity contribution is -0.384. The molecule has 1 N–H and O–H groups in total. The summed E-state index contributed by atoms with van der Waals surface area (Å²) in [6.07, 6.45) is -4.91. The van der Waals surface area contributed by atoms with Gasteiger partial charge < -0.3 is 4.98 Å². The highest BCUT2D eigenvalue weighted by atomic mass is 35.5. The molecule has 0 aliphatic carbocycles. The number of hydrogen-bond acceptors (Lipinski definition) is 4. The van der Waals surface area contributed by atoms with Crippen molar-refractivity contribution < 1.29 is 18.1 Å². The Balaban J connectivity index is 2.76. The van der Waals surface area contributed by atoms with Gasteiger partial charge in [0.05, 0.1) is 10.6 Å². The number of nitrogens with one attached hydrogen (secondary N) is 1. The molecule has 0 bridgehead atoms. The summed E-state index contributed by atoms with van der Waals surface area (Å²) >= 11 is 5.74. The van der Waals surface area contributed by atoms with Gasteiger partial charge in [-0.05, 0) is 6.07 Å². The summed E-state index contributed by atoms with van der Waals surface area (Å²) in [4.78, 5) is 34.9. The maximum Gasteiger partial charge on any atom is 0.431 e. The summed E-state index contributed by atoms with van der Waals surface area (Å²) in [5.41, 5.74) is -5.25. The molecule has 0 fully saturated rings. The molecular formula is C11H5ClF3N3O4. The van der Waals surface area contributed by atoms with Crippen molar-refractivity contribution in [2.24, 2.45) is 0 Å². The maximum atomic E-state index is 12.5.